The van der Waals surface area contributed by atoms with Crippen molar-refractivity contribution in [2.45, 2.75) is 26.1 Å². The van der Waals surface area contributed by atoms with Crippen molar-refractivity contribution in [1.29, 1.82) is 0 Å². The smallest absolute Gasteiger partial charge is 0.255 e. The van der Waals surface area contributed by atoms with Crippen LogP contribution in [0.4, 0.5) is 0 Å². The number of methoxy groups -OCH3 is 1. The number of nitrogens with zero attached hydrogens (tertiary/aromatic N) is 5. The summed E-state index contributed by atoms with van der Waals surface area (Å²) >= 11 is 0. The number of hydrogen-bond donors (Lipinski definition) is 0. The number of carbonyl (C=O) groups excluding carboxylic acids is 1. The normalized spacial score (nSPS) is 16.9. The lowest BCUT2D eigenvalue weighted by atomic mass is 10.1. The van der Waals surface area contributed by atoms with E-state index in [0.717, 1.165) is 22.6 Å². The van der Waals surface area contributed by atoms with E-state index in [1.54, 1.807) is 19.4 Å². The second-order valence-corrected chi connectivity index (χ2v) is 6.11. The van der Waals surface area contributed by atoms with E-state index in [0.29, 0.717) is 25.3 Å². The fourth-order valence-electron chi connectivity index (χ4n) is 3.39. The van der Waals surface area contributed by atoms with E-state index in [-0.39, 0.29) is 11.9 Å². The molecule has 1 aliphatic heterocycles. The van der Waals surface area contributed by atoms with E-state index in [2.05, 4.69) is 15.2 Å². The average molecular weight is 337 g/mol. The van der Waals surface area contributed by atoms with Crippen LogP contribution in [0, 0.1) is 0 Å². The third-order valence-electron chi connectivity index (χ3n) is 4.68. The highest BCUT2D eigenvalue weighted by Crippen LogP contribution is 2.28. The first-order chi connectivity index (χ1) is 12.2. The minimum Gasteiger partial charge on any atom is -0.377 e. The van der Waals surface area contributed by atoms with E-state index in [1.165, 1.54) is 0 Å². The van der Waals surface area contributed by atoms with Gasteiger partial charge in [0.2, 0.25) is 0 Å². The fraction of sp³-hybridized carbons (Fsp3) is 0.333. The van der Waals surface area contributed by atoms with E-state index < -0.39 is 0 Å². The summed E-state index contributed by atoms with van der Waals surface area (Å²) in [7, 11) is 1.64. The Morgan fingerprint density at radius 1 is 1.24 bits per heavy atom. The molecule has 0 aliphatic carbocycles. The average Bonchev–Trinajstić information content (AvgIpc) is 3.05. The van der Waals surface area contributed by atoms with Crippen molar-refractivity contribution in [3.8, 4) is 0 Å². The number of para-hydroxylation sites is 1. The number of amides is 1. The minimum absolute atomic E-state index is 0.00589. The summed E-state index contributed by atoms with van der Waals surface area (Å²) in [5.74, 6) is 1.59. The Morgan fingerprint density at radius 2 is 2.08 bits per heavy atom. The highest BCUT2D eigenvalue weighted by Gasteiger charge is 2.32. The third-order valence-corrected chi connectivity index (χ3v) is 4.68. The summed E-state index contributed by atoms with van der Waals surface area (Å²) in [5.41, 5.74) is 1.49. The van der Waals surface area contributed by atoms with E-state index in [1.807, 2.05) is 40.7 Å². The van der Waals surface area contributed by atoms with Gasteiger partial charge in [0.1, 0.15) is 6.61 Å². The number of rotatable bonds is 3. The molecule has 4 rings (SSSR count). The van der Waals surface area contributed by atoms with Crippen LogP contribution in [0.2, 0.25) is 0 Å². The van der Waals surface area contributed by atoms with Crippen LogP contribution in [-0.2, 0) is 17.9 Å². The largest absolute Gasteiger partial charge is 0.377 e. The maximum absolute atomic E-state index is 13.2. The zero-order valence-electron chi connectivity index (χ0n) is 14.2. The van der Waals surface area contributed by atoms with Crippen molar-refractivity contribution >= 4 is 16.8 Å². The molecule has 7 nitrogen and oxygen atoms in total. The monoisotopic (exact) mass is 337 g/mol. The van der Waals surface area contributed by atoms with Gasteiger partial charge in [0, 0.05) is 31.8 Å². The summed E-state index contributed by atoms with van der Waals surface area (Å²) < 4.78 is 7.21. The summed E-state index contributed by atoms with van der Waals surface area (Å²) in [6.45, 7) is 3.68. The van der Waals surface area contributed by atoms with Gasteiger partial charge in [-0.25, -0.2) is 0 Å². The lowest BCUT2D eigenvalue weighted by Crippen LogP contribution is -2.41. The minimum atomic E-state index is -0.147. The molecule has 3 aromatic rings. The molecular formula is C18H19N5O2. The highest BCUT2D eigenvalue weighted by molar-refractivity contribution is 6.06. The Kier molecular flexibility index (Phi) is 3.93. The molecule has 0 saturated carbocycles. The summed E-state index contributed by atoms with van der Waals surface area (Å²) in [4.78, 5) is 19.4. The molecule has 0 N–H and O–H groups in total. The van der Waals surface area contributed by atoms with Crippen LogP contribution in [0.3, 0.4) is 0 Å². The lowest BCUT2D eigenvalue weighted by Gasteiger charge is -2.34. The highest BCUT2D eigenvalue weighted by atomic mass is 16.5. The molecule has 1 aromatic carbocycles. The second-order valence-electron chi connectivity index (χ2n) is 6.11. The molecule has 1 amide bonds. The van der Waals surface area contributed by atoms with Gasteiger partial charge in [-0.15, -0.1) is 10.2 Å². The van der Waals surface area contributed by atoms with Gasteiger partial charge in [-0.05, 0) is 19.1 Å². The van der Waals surface area contributed by atoms with Gasteiger partial charge >= 0.3 is 0 Å². The number of pyridine rings is 1. The molecule has 0 radical (unpaired) electrons. The molecule has 1 atom stereocenters. The zero-order chi connectivity index (χ0) is 17.4. The van der Waals surface area contributed by atoms with Gasteiger partial charge in [-0.2, -0.15) is 0 Å². The molecule has 0 bridgehead atoms. The molecule has 0 spiro atoms. The van der Waals surface area contributed by atoms with E-state index >= 15 is 0 Å². The Labute approximate surface area is 145 Å². The summed E-state index contributed by atoms with van der Waals surface area (Å²) in [5, 5.41) is 9.34. The fourth-order valence-corrected chi connectivity index (χ4v) is 3.39. The van der Waals surface area contributed by atoms with Gasteiger partial charge in [0.05, 0.1) is 17.1 Å². The molecule has 2 aromatic heterocycles. The molecule has 128 valence electrons. The summed E-state index contributed by atoms with van der Waals surface area (Å²) in [6.07, 6.45) is 1.68. The molecular weight excluding hydrogens is 318 g/mol. The number of benzene rings is 1. The number of carbonyl (C=O) groups is 1. The van der Waals surface area contributed by atoms with Gasteiger partial charge in [-0.3, -0.25) is 9.78 Å². The second kappa shape index (κ2) is 6.25. The standard InChI is InChI=1S/C18H19N5O2/c1-12-17-21-20-16(11-25-2)23(17)10-9-22(12)18(24)14-7-8-19-15-6-4-3-5-13(14)15/h3-8,12H,9-11H2,1-2H3. The van der Waals surface area contributed by atoms with Crippen LogP contribution < -0.4 is 0 Å². The van der Waals surface area contributed by atoms with Gasteiger partial charge in [0.25, 0.3) is 5.91 Å². The Hall–Kier alpha value is -2.80. The summed E-state index contributed by atoms with van der Waals surface area (Å²) in [6, 6.07) is 9.34. The zero-order valence-corrected chi connectivity index (χ0v) is 14.2. The van der Waals surface area contributed by atoms with Gasteiger partial charge in [0.15, 0.2) is 11.6 Å². The van der Waals surface area contributed by atoms with Crippen LogP contribution in [0.1, 0.15) is 35.0 Å². The van der Waals surface area contributed by atoms with Gasteiger partial charge < -0.3 is 14.2 Å². The van der Waals surface area contributed by atoms with Crippen molar-refractivity contribution < 1.29 is 9.53 Å². The van der Waals surface area contributed by atoms with Crippen LogP contribution in [0.5, 0.6) is 0 Å². The third kappa shape index (κ3) is 2.56. The topological polar surface area (TPSA) is 73.1 Å². The molecule has 0 fully saturated rings. The van der Waals surface area contributed by atoms with Gasteiger partial charge in [-0.1, -0.05) is 18.2 Å². The van der Waals surface area contributed by atoms with Crippen molar-refractivity contribution in [2.75, 3.05) is 13.7 Å². The quantitative estimate of drug-likeness (QED) is 0.732. The lowest BCUT2D eigenvalue weighted by molar-refractivity contribution is 0.0634. The molecule has 1 unspecified atom stereocenters. The molecule has 25 heavy (non-hydrogen) atoms. The van der Waals surface area contributed by atoms with E-state index in [4.69, 9.17) is 4.74 Å². The number of hydrogen-bond acceptors (Lipinski definition) is 5. The van der Waals surface area contributed by atoms with E-state index in [9.17, 15) is 4.79 Å². The SMILES string of the molecule is COCc1nnc2n1CCN(C(=O)c1ccnc3ccccc13)C2C. The molecule has 7 heteroatoms. The molecule has 0 saturated heterocycles. The van der Waals surface area contributed by atoms with Crippen molar-refractivity contribution in [3.63, 3.8) is 0 Å². The van der Waals surface area contributed by atoms with Crippen LogP contribution in [-0.4, -0.2) is 44.2 Å². The number of fused-ring (bicyclic) bond motifs is 2. The predicted molar refractivity (Wildman–Crippen MR) is 91.9 cm³/mol. The Morgan fingerprint density at radius 3 is 2.92 bits per heavy atom. The number of ether oxygens (including phenoxy) is 1. The predicted octanol–water partition coefficient (Wildman–Crippen LogP) is 2.19. The molecule has 3 heterocycles. The first-order valence-electron chi connectivity index (χ1n) is 8.26. The Balaban J connectivity index is 1.69. The number of aromatic nitrogens is 4. The maximum atomic E-state index is 13.2. The first kappa shape index (κ1) is 15.7. The van der Waals surface area contributed by atoms with Crippen LogP contribution in [0.25, 0.3) is 10.9 Å². The van der Waals surface area contributed by atoms with Crippen LogP contribution >= 0.6 is 0 Å². The molecule has 1 aliphatic rings. The first-order valence-corrected chi connectivity index (χ1v) is 8.26. The van der Waals surface area contributed by atoms with Crippen molar-refractivity contribution in [1.82, 2.24) is 24.6 Å². The maximum Gasteiger partial charge on any atom is 0.255 e. The van der Waals surface area contributed by atoms with Crippen molar-refractivity contribution in [2.24, 2.45) is 0 Å². The Bertz CT molecular complexity index is 931. The van der Waals surface area contributed by atoms with Crippen LogP contribution in [0.15, 0.2) is 36.5 Å². The van der Waals surface area contributed by atoms with Crippen molar-refractivity contribution in [3.05, 3.63) is 53.7 Å².